The van der Waals surface area contributed by atoms with Gasteiger partial charge in [-0.3, -0.25) is 4.68 Å². The number of alkyl halides is 1. The van der Waals surface area contributed by atoms with Crippen molar-refractivity contribution in [2.45, 2.75) is 59.2 Å². The molecule has 0 spiro atoms. The van der Waals surface area contributed by atoms with Crippen LogP contribution in [0.5, 0.6) is 0 Å². The zero-order valence-electron chi connectivity index (χ0n) is 11.7. The average Bonchev–Trinajstić information content (AvgIpc) is 2.63. The van der Waals surface area contributed by atoms with Crippen LogP contribution in [-0.4, -0.2) is 21.2 Å². The zero-order chi connectivity index (χ0) is 13.8. The summed E-state index contributed by atoms with van der Waals surface area (Å²) < 4.78 is 3.16. The van der Waals surface area contributed by atoms with Crippen LogP contribution in [0.2, 0.25) is 0 Å². The number of nitrogens with one attached hydrogen (secondary N) is 1. The first-order chi connectivity index (χ1) is 8.47. The van der Waals surface area contributed by atoms with Crippen LogP contribution in [0.3, 0.4) is 0 Å². The SMILES string of the molecule is CCn1nc(C)c(Br)c1CNC(C)(CC)CCCl. The van der Waals surface area contributed by atoms with Gasteiger partial charge in [-0.15, -0.1) is 11.6 Å². The van der Waals surface area contributed by atoms with E-state index >= 15 is 0 Å². The van der Waals surface area contributed by atoms with E-state index in [0.717, 1.165) is 36.1 Å². The van der Waals surface area contributed by atoms with Crippen LogP contribution >= 0.6 is 27.5 Å². The second kappa shape index (κ2) is 6.92. The zero-order valence-corrected chi connectivity index (χ0v) is 14.0. The average molecular weight is 337 g/mol. The summed E-state index contributed by atoms with van der Waals surface area (Å²) >= 11 is 9.49. The Labute approximate surface area is 123 Å². The van der Waals surface area contributed by atoms with Crippen LogP contribution in [0, 0.1) is 6.92 Å². The highest BCUT2D eigenvalue weighted by Crippen LogP contribution is 2.23. The fraction of sp³-hybridized carbons (Fsp3) is 0.769. The summed E-state index contributed by atoms with van der Waals surface area (Å²) in [6, 6.07) is 0. The maximum atomic E-state index is 5.87. The molecule has 1 aromatic heterocycles. The van der Waals surface area contributed by atoms with Crippen molar-refractivity contribution in [3.8, 4) is 0 Å². The van der Waals surface area contributed by atoms with Crippen molar-refractivity contribution in [1.82, 2.24) is 15.1 Å². The standard InChI is InChI=1S/C13H23BrClN3/c1-5-13(4,7-8-15)16-9-11-12(14)10(3)17-18(11)6-2/h16H,5-9H2,1-4H3. The maximum Gasteiger partial charge on any atom is 0.0739 e. The van der Waals surface area contributed by atoms with Crippen LogP contribution in [0.1, 0.15) is 45.0 Å². The number of aromatic nitrogens is 2. The molecule has 1 atom stereocenters. The van der Waals surface area contributed by atoms with Crippen LogP contribution in [0.25, 0.3) is 0 Å². The van der Waals surface area contributed by atoms with Crippen LogP contribution in [0.15, 0.2) is 4.47 Å². The van der Waals surface area contributed by atoms with Gasteiger partial charge in [-0.05, 0) is 49.5 Å². The summed E-state index contributed by atoms with van der Waals surface area (Å²) in [7, 11) is 0. The van der Waals surface area contributed by atoms with E-state index in [1.165, 1.54) is 5.69 Å². The molecule has 0 aromatic carbocycles. The number of rotatable bonds is 7. The molecule has 0 aliphatic heterocycles. The van der Waals surface area contributed by atoms with Gasteiger partial charge in [0.1, 0.15) is 0 Å². The fourth-order valence-corrected chi connectivity index (χ4v) is 2.77. The van der Waals surface area contributed by atoms with Gasteiger partial charge >= 0.3 is 0 Å². The van der Waals surface area contributed by atoms with E-state index < -0.39 is 0 Å². The van der Waals surface area contributed by atoms with Crippen molar-refractivity contribution in [2.24, 2.45) is 0 Å². The smallest absolute Gasteiger partial charge is 0.0739 e. The molecule has 1 heterocycles. The number of halogens is 2. The van der Waals surface area contributed by atoms with Crippen molar-refractivity contribution >= 4 is 27.5 Å². The lowest BCUT2D eigenvalue weighted by Gasteiger charge is -2.29. The molecule has 18 heavy (non-hydrogen) atoms. The van der Waals surface area contributed by atoms with Gasteiger partial charge in [-0.2, -0.15) is 5.10 Å². The highest BCUT2D eigenvalue weighted by Gasteiger charge is 2.22. The van der Waals surface area contributed by atoms with Gasteiger partial charge < -0.3 is 5.32 Å². The molecule has 0 radical (unpaired) electrons. The van der Waals surface area contributed by atoms with Crippen molar-refractivity contribution in [1.29, 1.82) is 0 Å². The lowest BCUT2D eigenvalue weighted by molar-refractivity contribution is 0.325. The van der Waals surface area contributed by atoms with Crippen molar-refractivity contribution in [3.63, 3.8) is 0 Å². The summed E-state index contributed by atoms with van der Waals surface area (Å²) in [5.41, 5.74) is 2.35. The highest BCUT2D eigenvalue weighted by atomic mass is 79.9. The molecule has 0 aliphatic rings. The second-order valence-electron chi connectivity index (χ2n) is 4.87. The number of hydrogen-bond donors (Lipinski definition) is 1. The van der Waals surface area contributed by atoms with E-state index in [9.17, 15) is 0 Å². The summed E-state index contributed by atoms with van der Waals surface area (Å²) in [6.07, 6.45) is 2.04. The Balaban J connectivity index is 2.79. The summed E-state index contributed by atoms with van der Waals surface area (Å²) in [5, 5.41) is 8.12. The van der Waals surface area contributed by atoms with Gasteiger partial charge in [0.05, 0.1) is 15.9 Å². The van der Waals surface area contributed by atoms with E-state index in [0.29, 0.717) is 5.88 Å². The normalized spacial score (nSPS) is 14.8. The van der Waals surface area contributed by atoms with Crippen molar-refractivity contribution in [3.05, 3.63) is 15.9 Å². The largest absolute Gasteiger partial charge is 0.306 e. The number of hydrogen-bond acceptors (Lipinski definition) is 2. The van der Waals surface area contributed by atoms with Gasteiger partial charge in [0.2, 0.25) is 0 Å². The summed E-state index contributed by atoms with van der Waals surface area (Å²) in [5.74, 6) is 0.685. The molecule has 0 bridgehead atoms. The second-order valence-corrected chi connectivity index (χ2v) is 6.04. The Morgan fingerprint density at radius 3 is 2.61 bits per heavy atom. The fourth-order valence-electron chi connectivity index (χ4n) is 1.93. The molecule has 1 N–H and O–H groups in total. The molecule has 3 nitrogen and oxygen atoms in total. The van der Waals surface area contributed by atoms with Crippen molar-refractivity contribution < 1.29 is 0 Å². The van der Waals surface area contributed by atoms with E-state index in [1.54, 1.807) is 0 Å². The van der Waals surface area contributed by atoms with Gasteiger partial charge in [-0.1, -0.05) is 6.92 Å². The predicted octanol–water partition coefficient (Wildman–Crippen LogP) is 3.86. The molecule has 0 saturated carbocycles. The topological polar surface area (TPSA) is 29.9 Å². The summed E-state index contributed by atoms with van der Waals surface area (Å²) in [4.78, 5) is 0. The van der Waals surface area contributed by atoms with E-state index in [1.807, 2.05) is 11.6 Å². The minimum atomic E-state index is 0.0952. The first kappa shape index (κ1) is 16.0. The Morgan fingerprint density at radius 1 is 1.44 bits per heavy atom. The van der Waals surface area contributed by atoms with Gasteiger partial charge in [0.25, 0.3) is 0 Å². The third kappa shape index (κ3) is 3.72. The van der Waals surface area contributed by atoms with Gasteiger partial charge in [0.15, 0.2) is 0 Å². The monoisotopic (exact) mass is 335 g/mol. The van der Waals surface area contributed by atoms with Crippen molar-refractivity contribution in [2.75, 3.05) is 5.88 Å². The molecule has 1 aromatic rings. The molecular weight excluding hydrogens is 314 g/mol. The van der Waals surface area contributed by atoms with Gasteiger partial charge in [0, 0.05) is 24.5 Å². The van der Waals surface area contributed by atoms with Gasteiger partial charge in [-0.25, -0.2) is 0 Å². The predicted molar refractivity (Wildman–Crippen MR) is 81.2 cm³/mol. The maximum absolute atomic E-state index is 5.87. The lowest BCUT2D eigenvalue weighted by Crippen LogP contribution is -2.42. The molecule has 1 rings (SSSR count). The molecular formula is C13H23BrClN3. The third-order valence-electron chi connectivity index (χ3n) is 3.56. The molecule has 0 saturated heterocycles. The minimum absolute atomic E-state index is 0.0952. The summed E-state index contributed by atoms with van der Waals surface area (Å²) in [6.45, 7) is 10.3. The third-order valence-corrected chi connectivity index (χ3v) is 4.78. The molecule has 5 heteroatoms. The highest BCUT2D eigenvalue weighted by molar-refractivity contribution is 9.10. The Hall–Kier alpha value is -0.0600. The first-order valence-electron chi connectivity index (χ1n) is 6.50. The quantitative estimate of drug-likeness (QED) is 0.766. The Kier molecular flexibility index (Phi) is 6.15. The van der Waals surface area contributed by atoms with E-state index in [-0.39, 0.29) is 5.54 Å². The Bertz CT molecular complexity index is 392. The number of aryl methyl sites for hydroxylation is 2. The van der Waals surface area contributed by atoms with Crippen LogP contribution in [0.4, 0.5) is 0 Å². The van der Waals surface area contributed by atoms with E-state index in [2.05, 4.69) is 47.1 Å². The van der Waals surface area contributed by atoms with Crippen LogP contribution in [-0.2, 0) is 13.1 Å². The number of nitrogens with zero attached hydrogens (tertiary/aromatic N) is 2. The minimum Gasteiger partial charge on any atom is -0.306 e. The molecule has 1 unspecified atom stereocenters. The molecule has 0 fully saturated rings. The Morgan fingerprint density at radius 2 is 2.11 bits per heavy atom. The van der Waals surface area contributed by atoms with Crippen LogP contribution < -0.4 is 5.32 Å². The lowest BCUT2D eigenvalue weighted by atomic mass is 9.95. The molecule has 0 aliphatic carbocycles. The molecule has 0 amide bonds. The first-order valence-corrected chi connectivity index (χ1v) is 7.83. The van der Waals surface area contributed by atoms with E-state index in [4.69, 9.17) is 11.6 Å². The molecule has 104 valence electrons.